The molecule has 0 radical (unpaired) electrons. The largest absolute Gasteiger partial charge is 0.394 e. The van der Waals surface area contributed by atoms with E-state index in [-0.39, 0.29) is 6.61 Å². The van der Waals surface area contributed by atoms with Crippen molar-refractivity contribution in [2.45, 2.75) is 30.8 Å². The molecule has 5 atom stereocenters. The first kappa shape index (κ1) is 16.1. The number of ether oxygens (including phenoxy) is 3. The Balaban J connectivity index is 2.10. The molecule has 0 aromatic heterocycles. The molecule has 120 valence electrons. The Kier molecular flexibility index (Phi) is 5.51. The lowest BCUT2D eigenvalue weighted by Crippen LogP contribution is -2.53. The minimum absolute atomic E-state index is 0.206. The molecule has 2 unspecified atom stereocenters. The Morgan fingerprint density at radius 2 is 2.19 bits per heavy atom. The summed E-state index contributed by atoms with van der Waals surface area (Å²) in [6.07, 6.45) is -2.02. The van der Waals surface area contributed by atoms with E-state index in [1.807, 2.05) is 0 Å². The van der Waals surface area contributed by atoms with Crippen LogP contribution in [0.4, 0.5) is 4.79 Å². The van der Waals surface area contributed by atoms with E-state index in [1.165, 1.54) is 24.3 Å². The number of nitrogens with zero attached hydrogens (tertiary/aromatic N) is 1. The first-order chi connectivity index (χ1) is 10.1. The predicted octanol–water partition coefficient (Wildman–Crippen LogP) is -2.05. The molecule has 0 aromatic rings. The second-order valence-corrected chi connectivity index (χ2v) is 4.71. The number of methoxy groups -OCH3 is 1. The first-order valence-corrected chi connectivity index (χ1v) is 6.58. The standard InChI is InChI=1S/C12H20N2O7/c1-19-4-5-20-10-9(17)7(6-15)21-11(10)14-3-2-8(16)13-12(14)18/h2-3,7-11,15-17H,4-6H2,1H3,(H,13,18)/t7-,8?,9?,10+,11-/m1/s1. The van der Waals surface area contributed by atoms with Gasteiger partial charge in [0.2, 0.25) is 0 Å². The summed E-state index contributed by atoms with van der Waals surface area (Å²) >= 11 is 0. The molecule has 9 heteroatoms. The number of carbonyl (C=O) groups is 1. The Hall–Kier alpha value is -1.23. The summed E-state index contributed by atoms with van der Waals surface area (Å²) in [5.41, 5.74) is 0. The molecule has 0 saturated carbocycles. The zero-order valence-electron chi connectivity index (χ0n) is 11.6. The van der Waals surface area contributed by atoms with E-state index in [0.717, 1.165) is 0 Å². The average Bonchev–Trinajstić information content (AvgIpc) is 2.76. The van der Waals surface area contributed by atoms with Gasteiger partial charge in [0.1, 0.15) is 24.5 Å². The topological polar surface area (TPSA) is 121 Å². The highest BCUT2D eigenvalue weighted by atomic mass is 16.6. The molecule has 2 rings (SSSR count). The highest BCUT2D eigenvalue weighted by Crippen LogP contribution is 2.27. The SMILES string of the molecule is COCCO[C@H]1C(O)[C@@H](CO)O[C@H]1N1C=CC(O)NC1=O. The van der Waals surface area contributed by atoms with Crippen molar-refractivity contribution in [3.05, 3.63) is 12.3 Å². The average molecular weight is 304 g/mol. The maximum atomic E-state index is 11.9. The molecular formula is C12H20N2O7. The van der Waals surface area contributed by atoms with Gasteiger partial charge in [0.15, 0.2) is 6.23 Å². The quantitative estimate of drug-likeness (QED) is 0.417. The monoisotopic (exact) mass is 304 g/mol. The molecule has 9 nitrogen and oxygen atoms in total. The smallest absolute Gasteiger partial charge is 0.325 e. The van der Waals surface area contributed by atoms with Crippen LogP contribution in [0.3, 0.4) is 0 Å². The molecule has 1 saturated heterocycles. The van der Waals surface area contributed by atoms with Crippen molar-refractivity contribution < 1.29 is 34.3 Å². The lowest BCUT2D eigenvalue weighted by atomic mass is 10.1. The number of amides is 2. The lowest BCUT2D eigenvalue weighted by molar-refractivity contribution is -0.0912. The van der Waals surface area contributed by atoms with Crippen LogP contribution < -0.4 is 5.32 Å². The molecule has 21 heavy (non-hydrogen) atoms. The van der Waals surface area contributed by atoms with Crippen LogP contribution in [-0.4, -0.2) is 83.9 Å². The van der Waals surface area contributed by atoms with Crippen LogP contribution in [0.25, 0.3) is 0 Å². The van der Waals surface area contributed by atoms with Gasteiger partial charge in [-0.25, -0.2) is 4.79 Å². The van der Waals surface area contributed by atoms with Crippen molar-refractivity contribution in [2.75, 3.05) is 26.9 Å². The minimum atomic E-state index is -1.08. The summed E-state index contributed by atoms with van der Waals surface area (Å²) in [4.78, 5) is 13.0. The number of aliphatic hydroxyl groups is 3. The molecule has 0 bridgehead atoms. The minimum Gasteiger partial charge on any atom is -0.394 e. The van der Waals surface area contributed by atoms with Gasteiger partial charge in [-0.1, -0.05) is 0 Å². The Morgan fingerprint density at radius 3 is 2.81 bits per heavy atom. The van der Waals surface area contributed by atoms with E-state index in [1.54, 1.807) is 0 Å². The molecule has 1 fully saturated rings. The predicted molar refractivity (Wildman–Crippen MR) is 68.9 cm³/mol. The van der Waals surface area contributed by atoms with E-state index in [2.05, 4.69) is 5.32 Å². The molecule has 4 N–H and O–H groups in total. The van der Waals surface area contributed by atoms with Gasteiger partial charge >= 0.3 is 6.03 Å². The maximum absolute atomic E-state index is 11.9. The van der Waals surface area contributed by atoms with Crippen molar-refractivity contribution in [1.29, 1.82) is 0 Å². The molecule has 0 aromatic carbocycles. The van der Waals surface area contributed by atoms with Gasteiger partial charge < -0.3 is 34.8 Å². The van der Waals surface area contributed by atoms with Crippen molar-refractivity contribution in [3.8, 4) is 0 Å². The summed E-state index contributed by atoms with van der Waals surface area (Å²) in [6, 6.07) is -0.582. The third kappa shape index (κ3) is 3.51. The molecule has 2 aliphatic rings. The lowest BCUT2D eigenvalue weighted by Gasteiger charge is -2.32. The van der Waals surface area contributed by atoms with Crippen LogP contribution in [0, 0.1) is 0 Å². The number of nitrogens with one attached hydrogen (secondary N) is 1. The van der Waals surface area contributed by atoms with E-state index in [0.29, 0.717) is 6.61 Å². The van der Waals surface area contributed by atoms with Gasteiger partial charge in [0.05, 0.1) is 19.8 Å². The van der Waals surface area contributed by atoms with Gasteiger partial charge in [-0.2, -0.15) is 0 Å². The zero-order chi connectivity index (χ0) is 15.4. The van der Waals surface area contributed by atoms with Gasteiger partial charge in [-0.15, -0.1) is 0 Å². The first-order valence-electron chi connectivity index (χ1n) is 6.58. The van der Waals surface area contributed by atoms with E-state index < -0.39 is 43.4 Å². The third-order valence-electron chi connectivity index (χ3n) is 3.30. The summed E-state index contributed by atoms with van der Waals surface area (Å²) in [5, 5.41) is 30.9. The number of rotatable bonds is 6. The van der Waals surface area contributed by atoms with Crippen molar-refractivity contribution in [1.82, 2.24) is 10.2 Å². The number of urea groups is 1. The fourth-order valence-corrected chi connectivity index (χ4v) is 2.23. The second kappa shape index (κ2) is 7.16. The van der Waals surface area contributed by atoms with Crippen molar-refractivity contribution >= 4 is 6.03 Å². The van der Waals surface area contributed by atoms with E-state index in [9.17, 15) is 20.1 Å². The second-order valence-electron chi connectivity index (χ2n) is 4.71. The van der Waals surface area contributed by atoms with Gasteiger partial charge in [-0.3, -0.25) is 4.90 Å². The van der Waals surface area contributed by atoms with Gasteiger partial charge in [-0.05, 0) is 6.08 Å². The highest BCUT2D eigenvalue weighted by Gasteiger charge is 2.48. The van der Waals surface area contributed by atoms with Crippen molar-refractivity contribution in [3.63, 3.8) is 0 Å². The summed E-state index contributed by atoms with van der Waals surface area (Å²) in [5.74, 6) is 0. The zero-order valence-corrected chi connectivity index (χ0v) is 11.6. The van der Waals surface area contributed by atoms with Crippen LogP contribution in [0.5, 0.6) is 0 Å². The molecule has 0 spiro atoms. The van der Waals surface area contributed by atoms with Crippen LogP contribution in [0.15, 0.2) is 12.3 Å². The summed E-state index contributed by atoms with van der Waals surface area (Å²) < 4.78 is 15.8. The van der Waals surface area contributed by atoms with E-state index in [4.69, 9.17) is 14.2 Å². The molecule has 2 heterocycles. The molecule has 2 aliphatic heterocycles. The van der Waals surface area contributed by atoms with Crippen LogP contribution in [-0.2, 0) is 14.2 Å². The van der Waals surface area contributed by atoms with E-state index >= 15 is 0 Å². The molecule has 2 amide bonds. The van der Waals surface area contributed by atoms with Crippen LogP contribution >= 0.6 is 0 Å². The highest BCUT2D eigenvalue weighted by molar-refractivity contribution is 5.77. The fourth-order valence-electron chi connectivity index (χ4n) is 2.23. The Bertz CT molecular complexity index is 392. The number of carbonyl (C=O) groups excluding carboxylic acids is 1. The van der Waals surface area contributed by atoms with Crippen LogP contribution in [0.1, 0.15) is 0 Å². The van der Waals surface area contributed by atoms with Gasteiger partial charge in [0, 0.05) is 13.3 Å². The van der Waals surface area contributed by atoms with Crippen LogP contribution in [0.2, 0.25) is 0 Å². The molecule has 0 aliphatic carbocycles. The summed E-state index contributed by atoms with van der Waals surface area (Å²) in [6.45, 7) is 0.127. The number of aliphatic hydroxyl groups excluding tert-OH is 3. The van der Waals surface area contributed by atoms with Gasteiger partial charge in [0.25, 0.3) is 0 Å². The third-order valence-corrected chi connectivity index (χ3v) is 3.30. The number of hydrogen-bond donors (Lipinski definition) is 4. The Labute approximate surface area is 121 Å². The maximum Gasteiger partial charge on any atom is 0.325 e. The summed E-state index contributed by atoms with van der Waals surface area (Å²) in [7, 11) is 1.52. The normalized spacial score (nSPS) is 36.1. The fraction of sp³-hybridized carbons (Fsp3) is 0.750. The van der Waals surface area contributed by atoms with Crippen molar-refractivity contribution in [2.24, 2.45) is 0 Å². The Morgan fingerprint density at radius 1 is 1.43 bits per heavy atom. The number of hydrogen-bond acceptors (Lipinski definition) is 7. The molecular weight excluding hydrogens is 284 g/mol.